The number of halogens is 2. The molecule has 4 aromatic rings. The van der Waals surface area contributed by atoms with Crippen molar-refractivity contribution in [3.8, 4) is 12.0 Å². The molecule has 33 heavy (non-hydrogen) atoms. The molecular weight excluding hydrogens is 550 g/mol. The summed E-state index contributed by atoms with van der Waals surface area (Å²) in [6.45, 7) is 14.5. The fraction of sp³-hybridized carbons (Fsp3) is 0.310. The number of rotatable bonds is 4. The number of hydrogen-bond acceptors (Lipinski definition) is 0. The van der Waals surface area contributed by atoms with E-state index in [4.69, 9.17) is 0 Å². The van der Waals surface area contributed by atoms with Crippen LogP contribution >= 0.6 is 31.9 Å². The van der Waals surface area contributed by atoms with Crippen LogP contribution in [0.5, 0.6) is 0 Å². The summed E-state index contributed by atoms with van der Waals surface area (Å²) in [7, 11) is -1.65. The smallest absolute Gasteiger partial charge is 0.0942 e. The first-order chi connectivity index (χ1) is 15.7. The second-order valence-electron chi connectivity index (χ2n) is 9.87. The van der Waals surface area contributed by atoms with Crippen molar-refractivity contribution in [2.45, 2.75) is 58.2 Å². The molecule has 0 atom stereocenters. The van der Waals surface area contributed by atoms with Crippen molar-refractivity contribution in [3.63, 3.8) is 0 Å². The van der Waals surface area contributed by atoms with Crippen LogP contribution in [0, 0.1) is 12.0 Å². The Labute approximate surface area is 215 Å². The van der Waals surface area contributed by atoms with Crippen molar-refractivity contribution in [3.05, 3.63) is 75.2 Å². The van der Waals surface area contributed by atoms with Crippen LogP contribution in [0.3, 0.4) is 0 Å². The minimum atomic E-state index is -1.65. The monoisotopic (exact) mass is 579 g/mol. The second-order valence-corrected chi connectivity index (χ2v) is 17.6. The lowest BCUT2D eigenvalue weighted by Crippen LogP contribution is -2.55. The van der Waals surface area contributed by atoms with E-state index in [0.29, 0.717) is 16.6 Å². The number of hydrogen-bond donors (Lipinski definition) is 0. The third-order valence-electron chi connectivity index (χ3n) is 7.25. The molecule has 0 radical (unpaired) electrons. The van der Waals surface area contributed by atoms with E-state index in [1.165, 1.54) is 10.8 Å². The molecule has 0 unspecified atom stereocenters. The van der Waals surface area contributed by atoms with E-state index in [9.17, 15) is 0 Å². The second kappa shape index (κ2) is 9.45. The van der Waals surface area contributed by atoms with Gasteiger partial charge < -0.3 is 0 Å². The number of nitrogens with zero attached hydrogens (tertiary/aromatic N) is 1. The van der Waals surface area contributed by atoms with Crippen LogP contribution in [-0.2, 0) is 0 Å². The predicted molar refractivity (Wildman–Crippen MR) is 154 cm³/mol. The zero-order valence-electron chi connectivity index (χ0n) is 20.2. The number of benzene rings is 3. The molecule has 0 saturated carbocycles. The Bertz CT molecular complexity index is 1290. The summed E-state index contributed by atoms with van der Waals surface area (Å²) in [6.07, 6.45) is 0. The summed E-state index contributed by atoms with van der Waals surface area (Å²) in [5.74, 6) is 3.43. The van der Waals surface area contributed by atoms with E-state index in [1.807, 2.05) is 0 Å². The summed E-state index contributed by atoms with van der Waals surface area (Å²) in [4.78, 5) is 0. The maximum atomic E-state index is 3.62. The van der Waals surface area contributed by atoms with Gasteiger partial charge >= 0.3 is 0 Å². The van der Waals surface area contributed by atoms with Crippen LogP contribution in [0.4, 0.5) is 0 Å². The lowest BCUT2D eigenvalue weighted by atomic mass is 10.2. The highest BCUT2D eigenvalue weighted by atomic mass is 79.9. The Kier molecular flexibility index (Phi) is 6.96. The van der Waals surface area contributed by atoms with Gasteiger partial charge in [-0.15, -0.1) is 0 Å². The van der Waals surface area contributed by atoms with E-state index < -0.39 is 8.07 Å². The minimum absolute atomic E-state index is 0.700. The van der Waals surface area contributed by atoms with Gasteiger partial charge in [0.2, 0.25) is 0 Å². The molecular formula is C29H31Br2NSi. The highest BCUT2D eigenvalue weighted by Crippen LogP contribution is 2.41. The Hall–Kier alpha value is -1.80. The van der Waals surface area contributed by atoms with Gasteiger partial charge in [-0.25, -0.2) is 0 Å². The fourth-order valence-electron chi connectivity index (χ4n) is 6.05. The van der Waals surface area contributed by atoms with Crippen LogP contribution in [0.25, 0.3) is 21.8 Å². The van der Waals surface area contributed by atoms with Gasteiger partial charge in [0.25, 0.3) is 0 Å². The Balaban J connectivity index is 1.80. The van der Waals surface area contributed by atoms with Crippen molar-refractivity contribution in [1.82, 2.24) is 4.57 Å². The maximum absolute atomic E-state index is 3.62. The SMILES string of the molecule is CC(C)[Si](c1ccc(C#Cn2c3ccc(Br)cc3c3cc(Br)ccc32)cc1)(C(C)C)C(C)C. The molecule has 0 bridgehead atoms. The molecule has 0 aliphatic heterocycles. The zero-order valence-corrected chi connectivity index (χ0v) is 24.4. The average molecular weight is 581 g/mol. The van der Waals surface area contributed by atoms with Gasteiger partial charge in [0.1, 0.15) is 0 Å². The largest absolute Gasteiger partial charge is 0.268 e. The molecule has 0 N–H and O–H groups in total. The van der Waals surface area contributed by atoms with Crippen molar-refractivity contribution in [1.29, 1.82) is 0 Å². The molecule has 1 heterocycles. The summed E-state index contributed by atoms with van der Waals surface area (Å²) >= 11 is 7.24. The van der Waals surface area contributed by atoms with Crippen LogP contribution in [0.1, 0.15) is 47.1 Å². The number of aromatic nitrogens is 1. The quantitative estimate of drug-likeness (QED) is 0.167. The van der Waals surface area contributed by atoms with E-state index in [0.717, 1.165) is 25.5 Å². The van der Waals surface area contributed by atoms with E-state index in [2.05, 4.69) is 151 Å². The highest BCUT2D eigenvalue weighted by Gasteiger charge is 2.44. The van der Waals surface area contributed by atoms with Gasteiger partial charge in [-0.3, -0.25) is 4.57 Å². The summed E-state index contributed by atoms with van der Waals surface area (Å²) in [5, 5.41) is 3.96. The Morgan fingerprint density at radius 3 is 1.55 bits per heavy atom. The molecule has 4 heteroatoms. The summed E-state index contributed by atoms with van der Waals surface area (Å²) in [6, 6.07) is 25.4. The molecule has 0 spiro atoms. The first-order valence-corrected chi connectivity index (χ1v) is 15.5. The normalized spacial score (nSPS) is 12.2. The van der Waals surface area contributed by atoms with Gasteiger partial charge in [0.05, 0.1) is 19.1 Å². The molecule has 170 valence electrons. The molecule has 3 aromatic carbocycles. The van der Waals surface area contributed by atoms with Gasteiger partial charge in [-0.1, -0.05) is 90.7 Å². The van der Waals surface area contributed by atoms with Crippen molar-refractivity contribution in [2.75, 3.05) is 0 Å². The molecule has 0 saturated heterocycles. The molecule has 0 amide bonds. The molecule has 0 aliphatic carbocycles. The van der Waals surface area contributed by atoms with Crippen LogP contribution in [-0.4, -0.2) is 12.6 Å². The Morgan fingerprint density at radius 2 is 1.12 bits per heavy atom. The third-order valence-corrected chi connectivity index (χ3v) is 15.3. The lowest BCUT2D eigenvalue weighted by Gasteiger charge is -2.43. The topological polar surface area (TPSA) is 4.93 Å². The summed E-state index contributed by atoms with van der Waals surface area (Å²) in [5.41, 5.74) is 5.41. The predicted octanol–water partition coefficient (Wildman–Crippen LogP) is 9.06. The van der Waals surface area contributed by atoms with Crippen molar-refractivity contribution in [2.24, 2.45) is 0 Å². The standard InChI is InChI=1S/C29H31Br2NSi/c1-19(2)33(20(3)4,21(5)6)25-11-7-22(8-12-25)15-16-32-28-13-9-23(30)17-26(28)27-18-24(31)10-14-29(27)32/h7-14,17-21H,1-6H3. The summed E-state index contributed by atoms with van der Waals surface area (Å²) < 4.78 is 4.27. The number of fused-ring (bicyclic) bond motifs is 3. The van der Waals surface area contributed by atoms with Gasteiger partial charge in [0.15, 0.2) is 0 Å². The van der Waals surface area contributed by atoms with Crippen molar-refractivity contribution >= 4 is 66.9 Å². The van der Waals surface area contributed by atoms with Gasteiger partial charge in [0, 0.05) is 31.3 Å². The first kappa shape index (κ1) is 24.3. The van der Waals surface area contributed by atoms with E-state index in [-0.39, 0.29) is 0 Å². The molecule has 1 nitrogen and oxygen atoms in total. The maximum Gasteiger partial charge on any atom is 0.0942 e. The van der Waals surface area contributed by atoms with Gasteiger partial charge in [-0.05, 0) is 71.1 Å². The van der Waals surface area contributed by atoms with Crippen LogP contribution < -0.4 is 5.19 Å². The van der Waals surface area contributed by atoms with Gasteiger partial charge in [-0.2, -0.15) is 0 Å². The average Bonchev–Trinajstić information content (AvgIpc) is 3.05. The fourth-order valence-corrected chi connectivity index (χ4v) is 13.5. The zero-order chi connectivity index (χ0) is 23.9. The lowest BCUT2D eigenvalue weighted by molar-refractivity contribution is 0.835. The molecule has 0 aliphatic rings. The van der Waals surface area contributed by atoms with Crippen molar-refractivity contribution < 1.29 is 0 Å². The van der Waals surface area contributed by atoms with E-state index in [1.54, 1.807) is 5.19 Å². The Morgan fingerprint density at radius 1 is 0.667 bits per heavy atom. The van der Waals surface area contributed by atoms with Crippen LogP contribution in [0.2, 0.25) is 16.6 Å². The first-order valence-electron chi connectivity index (χ1n) is 11.7. The third kappa shape index (κ3) is 4.25. The highest BCUT2D eigenvalue weighted by molar-refractivity contribution is 9.10. The molecule has 0 fully saturated rings. The van der Waals surface area contributed by atoms with Crippen LogP contribution in [0.15, 0.2) is 69.6 Å². The molecule has 4 rings (SSSR count). The molecule has 1 aromatic heterocycles. The minimum Gasteiger partial charge on any atom is -0.268 e. The van der Waals surface area contributed by atoms with E-state index >= 15 is 0 Å².